The van der Waals surface area contributed by atoms with E-state index in [9.17, 15) is 4.79 Å². The fourth-order valence-corrected chi connectivity index (χ4v) is 2.51. The molecule has 1 aromatic rings. The molecule has 1 amide bonds. The van der Waals surface area contributed by atoms with Crippen LogP contribution in [0.4, 0.5) is 0 Å². The van der Waals surface area contributed by atoms with E-state index < -0.39 is 0 Å². The van der Waals surface area contributed by atoms with Crippen LogP contribution in [0.25, 0.3) is 0 Å². The van der Waals surface area contributed by atoms with E-state index in [1.165, 1.54) is 0 Å². The van der Waals surface area contributed by atoms with Crippen LogP contribution in [0.5, 0.6) is 5.75 Å². The van der Waals surface area contributed by atoms with E-state index in [-0.39, 0.29) is 18.1 Å². The van der Waals surface area contributed by atoms with Gasteiger partial charge in [0.2, 0.25) is 0 Å². The van der Waals surface area contributed by atoms with Crippen molar-refractivity contribution in [3.05, 3.63) is 29.8 Å². The maximum Gasteiger partial charge on any atom is 0.254 e. The standard InChI is InChI=1S/C16H24N2O2/c1-12(2)20-15-8-4-6-13(10-15)16(19)18(3)14-7-5-9-17-11-14/h4,6,8,10,12,14,17H,5,7,9,11H2,1-3H3/t14-/m0/s1. The summed E-state index contributed by atoms with van der Waals surface area (Å²) < 4.78 is 5.65. The molecule has 0 saturated carbocycles. The van der Waals surface area contributed by atoms with Gasteiger partial charge in [0, 0.05) is 25.2 Å². The van der Waals surface area contributed by atoms with E-state index in [2.05, 4.69) is 5.32 Å². The van der Waals surface area contributed by atoms with Crippen molar-refractivity contribution in [2.45, 2.75) is 38.8 Å². The van der Waals surface area contributed by atoms with Gasteiger partial charge in [0.25, 0.3) is 5.91 Å². The van der Waals surface area contributed by atoms with Crippen LogP contribution in [0.1, 0.15) is 37.0 Å². The lowest BCUT2D eigenvalue weighted by molar-refractivity contribution is 0.0707. The summed E-state index contributed by atoms with van der Waals surface area (Å²) in [5.74, 6) is 0.814. The van der Waals surface area contributed by atoms with Crippen LogP contribution in [0.2, 0.25) is 0 Å². The topological polar surface area (TPSA) is 41.6 Å². The quantitative estimate of drug-likeness (QED) is 0.917. The van der Waals surface area contributed by atoms with Gasteiger partial charge in [-0.3, -0.25) is 4.79 Å². The zero-order valence-corrected chi connectivity index (χ0v) is 12.6. The minimum absolute atomic E-state index is 0.0629. The molecule has 110 valence electrons. The highest BCUT2D eigenvalue weighted by molar-refractivity contribution is 5.94. The summed E-state index contributed by atoms with van der Waals surface area (Å²) in [6, 6.07) is 7.72. The van der Waals surface area contributed by atoms with E-state index in [1.54, 1.807) is 0 Å². The molecule has 1 heterocycles. The van der Waals surface area contributed by atoms with Crippen molar-refractivity contribution in [3.8, 4) is 5.75 Å². The highest BCUT2D eigenvalue weighted by atomic mass is 16.5. The molecule has 0 radical (unpaired) electrons. The molecular weight excluding hydrogens is 252 g/mol. The normalized spacial score (nSPS) is 18.9. The largest absolute Gasteiger partial charge is 0.491 e. The second-order valence-electron chi connectivity index (χ2n) is 5.61. The molecule has 0 bridgehead atoms. The predicted octanol–water partition coefficient (Wildman–Crippen LogP) is 2.30. The molecule has 1 N–H and O–H groups in total. The van der Waals surface area contributed by atoms with Crippen molar-refractivity contribution in [2.24, 2.45) is 0 Å². The third kappa shape index (κ3) is 3.73. The smallest absolute Gasteiger partial charge is 0.254 e. The molecule has 0 aliphatic carbocycles. The van der Waals surface area contributed by atoms with Crippen LogP contribution in [0.3, 0.4) is 0 Å². The maximum absolute atomic E-state index is 12.5. The van der Waals surface area contributed by atoms with Crippen molar-refractivity contribution >= 4 is 5.91 Å². The molecule has 1 aliphatic heterocycles. The van der Waals surface area contributed by atoms with Crippen LogP contribution >= 0.6 is 0 Å². The number of benzene rings is 1. The Kier molecular flexibility index (Phi) is 5.01. The van der Waals surface area contributed by atoms with Gasteiger partial charge in [-0.2, -0.15) is 0 Å². The molecule has 2 rings (SSSR count). The van der Waals surface area contributed by atoms with Gasteiger partial charge < -0.3 is 15.0 Å². The number of carbonyl (C=O) groups is 1. The number of carbonyl (C=O) groups excluding carboxylic acids is 1. The lowest BCUT2D eigenvalue weighted by atomic mass is 10.1. The molecule has 4 nitrogen and oxygen atoms in total. The Bertz CT molecular complexity index is 454. The lowest BCUT2D eigenvalue weighted by Gasteiger charge is -2.31. The fourth-order valence-electron chi connectivity index (χ4n) is 2.51. The highest BCUT2D eigenvalue weighted by Crippen LogP contribution is 2.18. The van der Waals surface area contributed by atoms with Crippen molar-refractivity contribution in [1.29, 1.82) is 0 Å². The number of likely N-dealkylation sites (N-methyl/N-ethyl adjacent to an activating group) is 1. The molecule has 0 spiro atoms. The van der Waals surface area contributed by atoms with Gasteiger partial charge in [0.15, 0.2) is 0 Å². The van der Waals surface area contributed by atoms with E-state index >= 15 is 0 Å². The molecule has 1 fully saturated rings. The monoisotopic (exact) mass is 276 g/mol. The number of hydrogen-bond donors (Lipinski definition) is 1. The Hall–Kier alpha value is -1.55. The van der Waals surface area contributed by atoms with Gasteiger partial charge in [-0.1, -0.05) is 6.07 Å². The number of amides is 1. The highest BCUT2D eigenvalue weighted by Gasteiger charge is 2.23. The average molecular weight is 276 g/mol. The Morgan fingerprint density at radius 1 is 1.45 bits per heavy atom. The van der Waals surface area contributed by atoms with Gasteiger partial charge in [-0.15, -0.1) is 0 Å². The van der Waals surface area contributed by atoms with Crippen molar-refractivity contribution in [3.63, 3.8) is 0 Å². The predicted molar refractivity (Wildman–Crippen MR) is 80.2 cm³/mol. The van der Waals surface area contributed by atoms with E-state index in [4.69, 9.17) is 4.74 Å². The molecular formula is C16H24N2O2. The first-order valence-corrected chi connectivity index (χ1v) is 7.32. The maximum atomic E-state index is 12.5. The van der Waals surface area contributed by atoms with Crippen molar-refractivity contribution in [2.75, 3.05) is 20.1 Å². The van der Waals surface area contributed by atoms with E-state index in [0.717, 1.165) is 31.7 Å². The van der Waals surface area contributed by atoms with Gasteiger partial charge in [0.05, 0.1) is 6.10 Å². The number of hydrogen-bond acceptors (Lipinski definition) is 3. The van der Waals surface area contributed by atoms with Crippen molar-refractivity contribution in [1.82, 2.24) is 10.2 Å². The summed E-state index contributed by atoms with van der Waals surface area (Å²) in [7, 11) is 1.88. The Morgan fingerprint density at radius 3 is 2.90 bits per heavy atom. The second-order valence-corrected chi connectivity index (χ2v) is 5.61. The Labute approximate surface area is 121 Å². The number of nitrogens with one attached hydrogen (secondary N) is 1. The first-order valence-electron chi connectivity index (χ1n) is 7.32. The number of piperidine rings is 1. The van der Waals surface area contributed by atoms with Crippen LogP contribution in [0, 0.1) is 0 Å². The summed E-state index contributed by atoms with van der Waals surface area (Å²) in [5, 5.41) is 3.34. The van der Waals surface area contributed by atoms with Gasteiger partial charge in [0.1, 0.15) is 5.75 Å². The van der Waals surface area contributed by atoms with Gasteiger partial charge in [-0.25, -0.2) is 0 Å². The molecule has 0 aromatic heterocycles. The lowest BCUT2D eigenvalue weighted by Crippen LogP contribution is -2.46. The molecule has 0 unspecified atom stereocenters. The summed E-state index contributed by atoms with van der Waals surface area (Å²) in [6.45, 7) is 5.89. The Morgan fingerprint density at radius 2 is 2.25 bits per heavy atom. The van der Waals surface area contributed by atoms with Crippen LogP contribution in [0.15, 0.2) is 24.3 Å². The minimum Gasteiger partial charge on any atom is -0.491 e. The Balaban J connectivity index is 2.07. The molecule has 1 aliphatic rings. The SMILES string of the molecule is CC(C)Oc1cccc(C(=O)N(C)[C@H]2CCCNC2)c1. The van der Waals surface area contributed by atoms with Crippen LogP contribution in [-0.4, -0.2) is 43.1 Å². The third-order valence-electron chi connectivity index (χ3n) is 3.59. The fraction of sp³-hybridized carbons (Fsp3) is 0.562. The number of ether oxygens (including phenoxy) is 1. The summed E-state index contributed by atoms with van der Waals surface area (Å²) in [5.41, 5.74) is 0.691. The first-order chi connectivity index (χ1) is 9.58. The second kappa shape index (κ2) is 6.75. The van der Waals surface area contributed by atoms with Crippen LogP contribution < -0.4 is 10.1 Å². The number of nitrogens with zero attached hydrogens (tertiary/aromatic N) is 1. The van der Waals surface area contributed by atoms with Crippen molar-refractivity contribution < 1.29 is 9.53 Å². The van der Waals surface area contributed by atoms with Gasteiger partial charge >= 0.3 is 0 Å². The zero-order valence-electron chi connectivity index (χ0n) is 12.6. The average Bonchev–Trinajstić information content (AvgIpc) is 2.46. The van der Waals surface area contributed by atoms with Gasteiger partial charge in [-0.05, 0) is 51.4 Å². The summed E-state index contributed by atoms with van der Waals surface area (Å²) in [4.78, 5) is 14.4. The third-order valence-corrected chi connectivity index (χ3v) is 3.59. The summed E-state index contributed by atoms with van der Waals surface area (Å²) in [6.07, 6.45) is 2.30. The zero-order chi connectivity index (χ0) is 14.5. The molecule has 1 atom stereocenters. The van der Waals surface area contributed by atoms with E-state index in [1.807, 2.05) is 50.1 Å². The molecule has 4 heteroatoms. The van der Waals surface area contributed by atoms with Crippen LogP contribution in [-0.2, 0) is 0 Å². The molecule has 1 aromatic carbocycles. The number of rotatable bonds is 4. The minimum atomic E-state index is 0.0629. The summed E-state index contributed by atoms with van der Waals surface area (Å²) >= 11 is 0. The molecule has 1 saturated heterocycles. The first kappa shape index (κ1) is 14.9. The van der Waals surface area contributed by atoms with E-state index in [0.29, 0.717) is 5.56 Å². The molecule has 20 heavy (non-hydrogen) atoms.